The predicted molar refractivity (Wildman–Crippen MR) is 116 cm³/mol. The average Bonchev–Trinajstić information content (AvgIpc) is 2.77. The lowest BCUT2D eigenvalue weighted by Crippen LogP contribution is -2.42. The van der Waals surface area contributed by atoms with Crippen molar-refractivity contribution in [1.29, 1.82) is 0 Å². The lowest BCUT2D eigenvalue weighted by Gasteiger charge is -2.38. The quantitative estimate of drug-likeness (QED) is 0.674. The van der Waals surface area contributed by atoms with Gasteiger partial charge in [0.1, 0.15) is 6.17 Å². The van der Waals surface area contributed by atoms with Crippen molar-refractivity contribution in [2.75, 3.05) is 30.4 Å². The summed E-state index contributed by atoms with van der Waals surface area (Å²) in [7, 11) is 1.95. The summed E-state index contributed by atoms with van der Waals surface area (Å²) in [6.45, 7) is 1.21. The average molecular weight is 387 g/mol. The predicted octanol–water partition coefficient (Wildman–Crippen LogP) is 3.88. The summed E-state index contributed by atoms with van der Waals surface area (Å²) in [6, 6.07) is 25.8. The van der Waals surface area contributed by atoms with Gasteiger partial charge in [-0.05, 0) is 35.4 Å². The van der Waals surface area contributed by atoms with Crippen molar-refractivity contribution in [3.8, 4) is 0 Å². The topological polar surface area (TPSA) is 55.8 Å². The van der Waals surface area contributed by atoms with Crippen LogP contribution < -0.4 is 10.2 Å². The molecule has 1 atom stereocenters. The van der Waals surface area contributed by atoms with E-state index in [1.54, 1.807) is 0 Å². The van der Waals surface area contributed by atoms with Crippen molar-refractivity contribution in [1.82, 2.24) is 4.90 Å². The molecule has 0 bridgehead atoms. The fourth-order valence-electron chi connectivity index (χ4n) is 3.69. The lowest BCUT2D eigenvalue weighted by atomic mass is 10.0. The van der Waals surface area contributed by atoms with Gasteiger partial charge in [0.25, 0.3) is 5.91 Å². The van der Waals surface area contributed by atoms with Crippen molar-refractivity contribution in [2.45, 2.75) is 12.7 Å². The van der Waals surface area contributed by atoms with E-state index in [1.807, 2.05) is 95.7 Å². The van der Waals surface area contributed by atoms with Gasteiger partial charge in [0, 0.05) is 31.5 Å². The molecule has 1 aliphatic rings. The number of carbonyl (C=O) groups is 1. The molecule has 1 aliphatic heterocycles. The number of likely N-dealkylation sites (N-methyl/N-ethyl adjacent to an activating group) is 1. The Balaban J connectivity index is 1.68. The molecule has 5 heteroatoms. The summed E-state index contributed by atoms with van der Waals surface area (Å²) in [5.74, 6) is 0.0229. The second-order valence-electron chi connectivity index (χ2n) is 7.25. The molecular weight excluding hydrogens is 362 g/mol. The van der Waals surface area contributed by atoms with Crippen LogP contribution in [0.4, 0.5) is 11.4 Å². The number of para-hydroxylation sites is 1. The molecule has 3 aromatic carbocycles. The van der Waals surface area contributed by atoms with E-state index in [4.69, 9.17) is 5.11 Å². The second-order valence-corrected chi connectivity index (χ2v) is 7.25. The van der Waals surface area contributed by atoms with Gasteiger partial charge < -0.3 is 20.2 Å². The fraction of sp³-hybridized carbons (Fsp3) is 0.208. The number of aliphatic hydroxyl groups excluding tert-OH is 1. The SMILES string of the molecule is CN(CCO)c1ccc([C@H]2Nc3ccccc3C(=O)N2Cc2ccccc2)cc1. The van der Waals surface area contributed by atoms with Crippen LogP contribution in [0, 0.1) is 0 Å². The summed E-state index contributed by atoms with van der Waals surface area (Å²) < 4.78 is 0. The first-order valence-electron chi connectivity index (χ1n) is 9.80. The van der Waals surface area contributed by atoms with Crippen molar-refractivity contribution in [3.63, 3.8) is 0 Å². The molecule has 0 spiro atoms. The van der Waals surface area contributed by atoms with Gasteiger partial charge in [-0.3, -0.25) is 4.79 Å². The van der Waals surface area contributed by atoms with Gasteiger partial charge >= 0.3 is 0 Å². The highest BCUT2D eigenvalue weighted by atomic mass is 16.3. The Morgan fingerprint density at radius 2 is 1.66 bits per heavy atom. The first-order chi connectivity index (χ1) is 14.2. The number of rotatable bonds is 6. The molecule has 4 rings (SSSR count). The summed E-state index contributed by atoms with van der Waals surface area (Å²) in [5, 5.41) is 12.7. The highest BCUT2D eigenvalue weighted by molar-refractivity contribution is 6.01. The van der Waals surface area contributed by atoms with Gasteiger partial charge in [-0.2, -0.15) is 0 Å². The van der Waals surface area contributed by atoms with Gasteiger partial charge in [0.05, 0.1) is 12.2 Å². The molecule has 148 valence electrons. The first kappa shape index (κ1) is 19.0. The second kappa shape index (κ2) is 8.37. The Labute approximate surface area is 171 Å². The third kappa shape index (κ3) is 3.96. The van der Waals surface area contributed by atoms with E-state index in [0.29, 0.717) is 18.7 Å². The molecular formula is C24H25N3O2. The lowest BCUT2D eigenvalue weighted by molar-refractivity contribution is 0.0666. The number of nitrogens with one attached hydrogen (secondary N) is 1. The molecule has 0 aliphatic carbocycles. The molecule has 0 saturated carbocycles. The molecule has 0 fully saturated rings. The van der Waals surface area contributed by atoms with Crippen LogP contribution in [0.25, 0.3) is 0 Å². The van der Waals surface area contributed by atoms with E-state index in [-0.39, 0.29) is 18.7 Å². The van der Waals surface area contributed by atoms with Gasteiger partial charge in [-0.15, -0.1) is 0 Å². The summed E-state index contributed by atoms with van der Waals surface area (Å²) in [5.41, 5.74) is 4.68. The zero-order chi connectivity index (χ0) is 20.2. The molecule has 5 nitrogen and oxygen atoms in total. The molecule has 2 N–H and O–H groups in total. The van der Waals surface area contributed by atoms with Crippen molar-refractivity contribution in [2.24, 2.45) is 0 Å². The van der Waals surface area contributed by atoms with E-state index in [9.17, 15) is 4.79 Å². The number of carbonyl (C=O) groups excluding carboxylic acids is 1. The van der Waals surface area contributed by atoms with Crippen LogP contribution in [0.3, 0.4) is 0 Å². The van der Waals surface area contributed by atoms with Crippen molar-refractivity contribution < 1.29 is 9.90 Å². The van der Waals surface area contributed by atoms with Crippen LogP contribution in [0.1, 0.15) is 27.7 Å². The molecule has 3 aromatic rings. The normalized spacial score (nSPS) is 15.6. The van der Waals surface area contributed by atoms with Gasteiger partial charge in [-0.1, -0.05) is 54.6 Å². The van der Waals surface area contributed by atoms with Crippen LogP contribution >= 0.6 is 0 Å². The Morgan fingerprint density at radius 1 is 0.966 bits per heavy atom. The Morgan fingerprint density at radius 3 is 2.38 bits per heavy atom. The Bertz CT molecular complexity index is 973. The van der Waals surface area contributed by atoms with Crippen LogP contribution in [-0.2, 0) is 6.54 Å². The summed E-state index contributed by atoms with van der Waals surface area (Å²) in [4.78, 5) is 17.2. The highest BCUT2D eigenvalue weighted by Gasteiger charge is 2.32. The number of hydrogen-bond acceptors (Lipinski definition) is 4. The summed E-state index contributed by atoms with van der Waals surface area (Å²) in [6.07, 6.45) is -0.255. The van der Waals surface area contributed by atoms with Crippen molar-refractivity contribution >= 4 is 17.3 Å². The molecule has 0 unspecified atom stereocenters. The Hall–Kier alpha value is -3.31. The number of anilines is 2. The molecule has 0 saturated heterocycles. The molecule has 29 heavy (non-hydrogen) atoms. The van der Waals surface area contributed by atoms with E-state index in [1.165, 1.54) is 0 Å². The maximum Gasteiger partial charge on any atom is 0.258 e. The zero-order valence-corrected chi connectivity index (χ0v) is 16.5. The number of hydrogen-bond donors (Lipinski definition) is 2. The highest BCUT2D eigenvalue weighted by Crippen LogP contribution is 2.34. The van der Waals surface area contributed by atoms with Crippen LogP contribution in [0.2, 0.25) is 0 Å². The van der Waals surface area contributed by atoms with Gasteiger partial charge in [0.2, 0.25) is 0 Å². The molecule has 0 radical (unpaired) electrons. The minimum absolute atomic E-state index is 0.0229. The minimum atomic E-state index is -0.255. The van der Waals surface area contributed by atoms with Gasteiger partial charge in [-0.25, -0.2) is 0 Å². The fourth-order valence-corrected chi connectivity index (χ4v) is 3.69. The third-order valence-corrected chi connectivity index (χ3v) is 5.30. The van der Waals surface area contributed by atoms with E-state index in [0.717, 1.165) is 22.5 Å². The van der Waals surface area contributed by atoms with Crippen LogP contribution in [-0.4, -0.2) is 36.1 Å². The minimum Gasteiger partial charge on any atom is -0.395 e. The maximum atomic E-state index is 13.3. The zero-order valence-electron chi connectivity index (χ0n) is 16.5. The number of aliphatic hydroxyl groups is 1. The number of fused-ring (bicyclic) bond motifs is 1. The van der Waals surface area contributed by atoms with Crippen LogP contribution in [0.5, 0.6) is 0 Å². The summed E-state index contributed by atoms with van der Waals surface area (Å²) >= 11 is 0. The standard InChI is InChI=1S/C24H25N3O2/c1-26(15-16-28)20-13-11-19(12-14-20)23-25-22-10-6-5-9-21(22)24(29)27(23)17-18-7-3-2-4-8-18/h2-14,23,25,28H,15-17H2,1H3/t23-/m0/s1. The van der Waals surface area contributed by atoms with Crippen LogP contribution in [0.15, 0.2) is 78.9 Å². The third-order valence-electron chi connectivity index (χ3n) is 5.30. The Kier molecular flexibility index (Phi) is 5.49. The monoisotopic (exact) mass is 387 g/mol. The van der Waals surface area contributed by atoms with Gasteiger partial charge in [0.15, 0.2) is 0 Å². The molecule has 0 aromatic heterocycles. The molecule has 1 heterocycles. The smallest absolute Gasteiger partial charge is 0.258 e. The number of benzene rings is 3. The maximum absolute atomic E-state index is 13.3. The van der Waals surface area contributed by atoms with Crippen molar-refractivity contribution in [3.05, 3.63) is 95.6 Å². The number of nitrogens with zero attached hydrogens (tertiary/aromatic N) is 2. The largest absolute Gasteiger partial charge is 0.395 e. The first-order valence-corrected chi connectivity index (χ1v) is 9.80. The van der Waals surface area contributed by atoms with E-state index in [2.05, 4.69) is 5.32 Å². The molecule has 1 amide bonds. The number of amides is 1. The van der Waals surface area contributed by atoms with E-state index >= 15 is 0 Å². The van der Waals surface area contributed by atoms with E-state index < -0.39 is 0 Å².